The minimum absolute atomic E-state index is 0.451. The lowest BCUT2D eigenvalue weighted by Gasteiger charge is -2.12. The first kappa shape index (κ1) is 13.3. The van der Waals surface area contributed by atoms with Crippen LogP contribution < -0.4 is 0 Å². The molecule has 0 radical (unpaired) electrons. The van der Waals surface area contributed by atoms with Crippen LogP contribution >= 0.6 is 15.9 Å². The Labute approximate surface area is 116 Å². The van der Waals surface area contributed by atoms with E-state index in [4.69, 9.17) is 0 Å². The first-order valence-electron chi connectivity index (χ1n) is 6.13. The molecule has 1 aromatic heterocycles. The molecule has 18 heavy (non-hydrogen) atoms. The van der Waals surface area contributed by atoms with Crippen LogP contribution in [-0.2, 0) is 6.42 Å². The van der Waals surface area contributed by atoms with Crippen molar-refractivity contribution in [2.75, 3.05) is 0 Å². The van der Waals surface area contributed by atoms with Gasteiger partial charge in [-0.15, -0.1) is 0 Å². The van der Waals surface area contributed by atoms with Gasteiger partial charge in [0.2, 0.25) is 0 Å². The number of halogens is 1. The van der Waals surface area contributed by atoms with Crippen molar-refractivity contribution in [3.63, 3.8) is 0 Å². The highest BCUT2D eigenvalue weighted by Gasteiger charge is 2.09. The Morgan fingerprint density at radius 1 is 1.44 bits per heavy atom. The van der Waals surface area contributed by atoms with Gasteiger partial charge in [0.15, 0.2) is 0 Å². The van der Waals surface area contributed by atoms with Crippen molar-refractivity contribution in [3.8, 4) is 5.69 Å². The van der Waals surface area contributed by atoms with E-state index in [0.29, 0.717) is 0 Å². The molecule has 3 nitrogen and oxygen atoms in total. The van der Waals surface area contributed by atoms with Crippen LogP contribution in [0, 0.1) is 0 Å². The Balaban J connectivity index is 2.41. The molecule has 96 valence electrons. The summed E-state index contributed by atoms with van der Waals surface area (Å²) in [6.45, 7) is 3.91. The van der Waals surface area contributed by atoms with Gasteiger partial charge in [-0.2, -0.15) is 0 Å². The molecular weight excluding hydrogens is 292 g/mol. The summed E-state index contributed by atoms with van der Waals surface area (Å²) < 4.78 is 3.05. The minimum Gasteiger partial charge on any atom is -0.389 e. The first-order chi connectivity index (χ1) is 8.63. The van der Waals surface area contributed by atoms with E-state index in [0.717, 1.165) is 34.4 Å². The van der Waals surface area contributed by atoms with E-state index in [-0.39, 0.29) is 0 Å². The summed E-state index contributed by atoms with van der Waals surface area (Å²) in [7, 11) is 0. The van der Waals surface area contributed by atoms with Crippen LogP contribution in [0.4, 0.5) is 0 Å². The lowest BCUT2D eigenvalue weighted by Crippen LogP contribution is -2.02. The molecule has 1 heterocycles. The van der Waals surface area contributed by atoms with Gasteiger partial charge in [0.05, 0.1) is 11.8 Å². The third-order valence-corrected chi connectivity index (χ3v) is 3.54. The van der Waals surface area contributed by atoms with Gasteiger partial charge < -0.3 is 9.67 Å². The van der Waals surface area contributed by atoms with Crippen LogP contribution in [0.15, 0.2) is 35.1 Å². The quantitative estimate of drug-likeness (QED) is 0.936. The number of imidazole rings is 1. The zero-order valence-corrected chi connectivity index (χ0v) is 12.2. The average Bonchev–Trinajstić information content (AvgIpc) is 2.77. The van der Waals surface area contributed by atoms with Crippen LogP contribution in [0.1, 0.15) is 37.8 Å². The molecule has 1 aromatic carbocycles. The molecule has 2 rings (SSSR count). The number of aryl methyl sites for hydroxylation is 1. The van der Waals surface area contributed by atoms with Gasteiger partial charge in [-0.25, -0.2) is 4.98 Å². The van der Waals surface area contributed by atoms with Crippen molar-refractivity contribution in [2.24, 2.45) is 0 Å². The normalized spacial score (nSPS) is 12.7. The molecule has 0 amide bonds. The lowest BCUT2D eigenvalue weighted by atomic mass is 10.1. The summed E-state index contributed by atoms with van der Waals surface area (Å²) in [5, 5.41) is 9.57. The zero-order chi connectivity index (χ0) is 13.1. The molecule has 0 saturated carbocycles. The van der Waals surface area contributed by atoms with Gasteiger partial charge in [-0.1, -0.05) is 13.0 Å². The Hall–Kier alpha value is -1.13. The van der Waals surface area contributed by atoms with E-state index < -0.39 is 6.10 Å². The standard InChI is InChI=1S/C14H17BrN2O/c1-3-4-14-16-7-8-17(14)13-6-5-11(10(2)18)9-12(13)15/h5-10,18H,3-4H2,1-2H3/t10-/m1/s1. The number of rotatable bonds is 4. The fraction of sp³-hybridized carbons (Fsp3) is 0.357. The Bertz CT molecular complexity index is 534. The smallest absolute Gasteiger partial charge is 0.113 e. The van der Waals surface area contributed by atoms with Crippen molar-refractivity contribution < 1.29 is 5.11 Å². The van der Waals surface area contributed by atoms with Crippen molar-refractivity contribution in [1.29, 1.82) is 0 Å². The molecule has 0 unspecified atom stereocenters. The van der Waals surface area contributed by atoms with Gasteiger partial charge in [0, 0.05) is 23.3 Å². The predicted octanol–water partition coefficient (Wildman–Crippen LogP) is 3.64. The number of hydrogen-bond donors (Lipinski definition) is 1. The van der Waals surface area contributed by atoms with Crippen LogP contribution in [-0.4, -0.2) is 14.7 Å². The number of hydrogen-bond acceptors (Lipinski definition) is 2. The summed E-state index contributed by atoms with van der Waals surface area (Å²) >= 11 is 3.56. The van der Waals surface area contributed by atoms with Gasteiger partial charge in [-0.3, -0.25) is 0 Å². The van der Waals surface area contributed by atoms with E-state index in [1.54, 1.807) is 6.92 Å². The SMILES string of the molecule is CCCc1nccn1-c1ccc([C@@H](C)O)cc1Br. The largest absolute Gasteiger partial charge is 0.389 e. The highest BCUT2D eigenvalue weighted by atomic mass is 79.9. The highest BCUT2D eigenvalue weighted by Crippen LogP contribution is 2.26. The molecule has 0 aliphatic rings. The maximum Gasteiger partial charge on any atom is 0.113 e. The number of aliphatic hydroxyl groups is 1. The summed E-state index contributed by atoms with van der Waals surface area (Å²) in [4.78, 5) is 4.37. The predicted molar refractivity (Wildman–Crippen MR) is 75.9 cm³/mol. The number of aromatic nitrogens is 2. The Morgan fingerprint density at radius 2 is 2.22 bits per heavy atom. The van der Waals surface area contributed by atoms with E-state index >= 15 is 0 Å². The summed E-state index contributed by atoms with van der Waals surface area (Å²) in [5.74, 6) is 1.06. The average molecular weight is 309 g/mol. The van der Waals surface area contributed by atoms with Crippen molar-refractivity contribution >= 4 is 15.9 Å². The fourth-order valence-electron chi connectivity index (χ4n) is 1.94. The second-order valence-electron chi connectivity index (χ2n) is 4.35. The molecule has 0 aliphatic carbocycles. The maximum absolute atomic E-state index is 9.57. The zero-order valence-electron chi connectivity index (χ0n) is 10.6. The summed E-state index contributed by atoms with van der Waals surface area (Å²) in [6.07, 6.45) is 5.36. The molecule has 1 atom stereocenters. The molecular formula is C14H17BrN2O. The van der Waals surface area contributed by atoms with Crippen molar-refractivity contribution in [1.82, 2.24) is 9.55 Å². The van der Waals surface area contributed by atoms with Gasteiger partial charge >= 0.3 is 0 Å². The van der Waals surface area contributed by atoms with Gasteiger partial charge in [-0.05, 0) is 47.0 Å². The summed E-state index contributed by atoms with van der Waals surface area (Å²) in [6, 6.07) is 5.91. The number of benzene rings is 1. The maximum atomic E-state index is 9.57. The third kappa shape index (κ3) is 2.65. The van der Waals surface area contributed by atoms with E-state index in [1.807, 2.05) is 30.6 Å². The second kappa shape index (κ2) is 5.67. The van der Waals surface area contributed by atoms with E-state index in [2.05, 4.69) is 32.4 Å². The number of aliphatic hydroxyl groups excluding tert-OH is 1. The molecule has 0 aliphatic heterocycles. The highest BCUT2D eigenvalue weighted by molar-refractivity contribution is 9.10. The molecule has 1 N–H and O–H groups in total. The number of nitrogens with zero attached hydrogens (tertiary/aromatic N) is 2. The molecule has 0 fully saturated rings. The van der Waals surface area contributed by atoms with E-state index in [1.165, 1.54) is 0 Å². The Morgan fingerprint density at radius 3 is 2.83 bits per heavy atom. The Kier molecular flexibility index (Phi) is 4.19. The van der Waals surface area contributed by atoms with Crippen LogP contribution in [0.3, 0.4) is 0 Å². The molecule has 4 heteroatoms. The second-order valence-corrected chi connectivity index (χ2v) is 5.20. The van der Waals surface area contributed by atoms with Crippen molar-refractivity contribution in [2.45, 2.75) is 32.8 Å². The topological polar surface area (TPSA) is 38.0 Å². The van der Waals surface area contributed by atoms with Crippen molar-refractivity contribution in [3.05, 3.63) is 46.5 Å². The van der Waals surface area contributed by atoms with Gasteiger partial charge in [0.25, 0.3) is 0 Å². The van der Waals surface area contributed by atoms with Crippen LogP contribution in [0.5, 0.6) is 0 Å². The third-order valence-electron chi connectivity index (χ3n) is 2.90. The van der Waals surface area contributed by atoms with E-state index in [9.17, 15) is 5.11 Å². The first-order valence-corrected chi connectivity index (χ1v) is 6.93. The molecule has 2 aromatic rings. The molecule has 0 bridgehead atoms. The van der Waals surface area contributed by atoms with Crippen LogP contribution in [0.2, 0.25) is 0 Å². The summed E-state index contributed by atoms with van der Waals surface area (Å²) in [5.41, 5.74) is 1.96. The molecule has 0 saturated heterocycles. The fourth-order valence-corrected chi connectivity index (χ4v) is 2.53. The molecule has 0 spiro atoms. The van der Waals surface area contributed by atoms with Crippen LogP contribution in [0.25, 0.3) is 5.69 Å². The lowest BCUT2D eigenvalue weighted by molar-refractivity contribution is 0.199. The van der Waals surface area contributed by atoms with Gasteiger partial charge in [0.1, 0.15) is 5.82 Å². The minimum atomic E-state index is -0.451. The monoisotopic (exact) mass is 308 g/mol.